The molecule has 1 aliphatic heterocycles. The normalized spacial score (nSPS) is 12.1. The summed E-state index contributed by atoms with van der Waals surface area (Å²) in [4.78, 5) is 2.17. The smallest absolute Gasteiger partial charge is 0.0992 e. The second-order valence-corrected chi connectivity index (χ2v) is 8.54. The van der Waals surface area contributed by atoms with Gasteiger partial charge in [0.05, 0.1) is 28.7 Å². The van der Waals surface area contributed by atoms with E-state index < -0.39 is 0 Å². The summed E-state index contributed by atoms with van der Waals surface area (Å²) in [5.41, 5.74) is 10.7. The van der Waals surface area contributed by atoms with Crippen LogP contribution in [-0.4, -0.2) is 28.8 Å². The second kappa shape index (κ2) is 7.99. The molecule has 1 aromatic heterocycles. The van der Waals surface area contributed by atoms with Gasteiger partial charge in [0, 0.05) is 29.9 Å². The van der Waals surface area contributed by atoms with Crippen LogP contribution in [0, 0.1) is 18.3 Å². The van der Waals surface area contributed by atoms with Gasteiger partial charge in [-0.15, -0.1) is 0 Å². The Kier molecular flexibility index (Phi) is 5.01. The number of hydrogen-bond acceptors (Lipinski definition) is 4. The van der Waals surface area contributed by atoms with Crippen molar-refractivity contribution in [3.8, 4) is 34.1 Å². The molecule has 0 bridgehead atoms. The Morgan fingerprint density at radius 1 is 1.03 bits per heavy atom. The number of benzene rings is 3. The van der Waals surface area contributed by atoms with E-state index in [1.54, 1.807) is 0 Å². The minimum Gasteiger partial charge on any atom is -0.380 e. The number of fused-ring (bicyclic) bond motifs is 3. The van der Waals surface area contributed by atoms with Gasteiger partial charge in [-0.2, -0.15) is 10.4 Å². The van der Waals surface area contributed by atoms with Crippen molar-refractivity contribution >= 4 is 5.69 Å². The number of nitrogens with one attached hydrogen (secondary N) is 1. The van der Waals surface area contributed by atoms with Gasteiger partial charge in [0.25, 0.3) is 0 Å². The lowest BCUT2D eigenvalue weighted by atomic mass is 9.95. The molecule has 2 heterocycles. The first kappa shape index (κ1) is 20.0. The molecule has 5 nitrogen and oxygen atoms in total. The molecule has 0 saturated heterocycles. The summed E-state index contributed by atoms with van der Waals surface area (Å²) in [6.07, 6.45) is 0. The summed E-state index contributed by atoms with van der Waals surface area (Å²) in [5, 5.41) is 17.7. The molecule has 5 rings (SSSR count). The van der Waals surface area contributed by atoms with Crippen molar-refractivity contribution in [1.29, 1.82) is 5.26 Å². The molecular weight excluding hydrogens is 394 g/mol. The molecule has 1 aliphatic rings. The minimum absolute atomic E-state index is 0.630. The average Bonchev–Trinajstić information content (AvgIpc) is 3.16. The van der Waals surface area contributed by atoms with E-state index in [1.165, 1.54) is 22.3 Å². The number of aryl methyl sites for hydroxylation is 1. The van der Waals surface area contributed by atoms with Gasteiger partial charge in [0.1, 0.15) is 0 Å². The fourth-order valence-electron chi connectivity index (χ4n) is 4.37. The number of nitrogens with zero attached hydrogens (tertiary/aromatic N) is 4. The largest absolute Gasteiger partial charge is 0.380 e. The summed E-state index contributed by atoms with van der Waals surface area (Å²) < 4.78 is 1.98. The lowest BCUT2D eigenvalue weighted by Gasteiger charge is -2.21. The van der Waals surface area contributed by atoms with E-state index in [-0.39, 0.29) is 0 Å². The molecule has 0 atom stereocenters. The molecule has 4 aromatic rings. The van der Waals surface area contributed by atoms with Crippen molar-refractivity contribution < 1.29 is 0 Å². The Balaban J connectivity index is 1.61. The van der Waals surface area contributed by atoms with Crippen molar-refractivity contribution in [1.82, 2.24) is 14.7 Å². The average molecular weight is 420 g/mol. The molecule has 0 saturated carbocycles. The third kappa shape index (κ3) is 3.55. The molecular formula is C27H25N5. The topological polar surface area (TPSA) is 56.9 Å². The van der Waals surface area contributed by atoms with E-state index >= 15 is 0 Å². The molecule has 158 valence electrons. The van der Waals surface area contributed by atoms with Crippen LogP contribution in [-0.2, 0) is 13.1 Å². The zero-order chi connectivity index (χ0) is 22.2. The third-order valence-electron chi connectivity index (χ3n) is 5.92. The fraction of sp³-hybridized carbons (Fsp3) is 0.185. The van der Waals surface area contributed by atoms with Crippen molar-refractivity contribution in [2.24, 2.45) is 0 Å². The fourth-order valence-corrected chi connectivity index (χ4v) is 4.37. The molecule has 32 heavy (non-hydrogen) atoms. The molecule has 1 N–H and O–H groups in total. The van der Waals surface area contributed by atoms with Crippen LogP contribution in [0.4, 0.5) is 5.69 Å². The molecule has 0 fully saturated rings. The van der Waals surface area contributed by atoms with Crippen LogP contribution >= 0.6 is 0 Å². The number of rotatable bonds is 4. The van der Waals surface area contributed by atoms with Gasteiger partial charge in [0.15, 0.2) is 0 Å². The summed E-state index contributed by atoms with van der Waals surface area (Å²) in [7, 11) is 4.17. The first-order valence-corrected chi connectivity index (χ1v) is 10.7. The monoisotopic (exact) mass is 419 g/mol. The molecule has 0 unspecified atom stereocenters. The van der Waals surface area contributed by atoms with Crippen molar-refractivity contribution in [3.63, 3.8) is 0 Å². The number of aromatic nitrogens is 2. The number of anilines is 1. The summed E-state index contributed by atoms with van der Waals surface area (Å²) in [5.74, 6) is 0. The zero-order valence-corrected chi connectivity index (χ0v) is 18.6. The SMILES string of the molecule is Cc1nn(-c2cccc(C#N)c2)c2c1CNc1ccc(-c3ccc(CN(C)C)cc3)cc1-2. The van der Waals surface area contributed by atoms with E-state index in [2.05, 4.69) is 72.8 Å². The summed E-state index contributed by atoms with van der Waals surface area (Å²) in [6, 6.07) is 25.2. The second-order valence-electron chi connectivity index (χ2n) is 8.54. The molecule has 0 aliphatic carbocycles. The zero-order valence-electron chi connectivity index (χ0n) is 18.6. The van der Waals surface area contributed by atoms with Crippen LogP contribution in [0.25, 0.3) is 28.1 Å². The van der Waals surface area contributed by atoms with Crippen LogP contribution in [0.15, 0.2) is 66.7 Å². The molecule has 0 amide bonds. The number of hydrogen-bond donors (Lipinski definition) is 1. The van der Waals surface area contributed by atoms with Gasteiger partial charge in [-0.3, -0.25) is 0 Å². The van der Waals surface area contributed by atoms with Crippen molar-refractivity contribution in [2.75, 3.05) is 19.4 Å². The summed E-state index contributed by atoms with van der Waals surface area (Å²) in [6.45, 7) is 3.71. The Bertz CT molecular complexity index is 1340. The maximum absolute atomic E-state index is 9.35. The standard InChI is InChI=1S/C27H25N5/c1-18-25-16-29-26-12-11-22(21-9-7-19(8-10-21)17-31(2)3)14-24(26)27(25)32(30-18)23-6-4-5-20(13-23)15-28/h4-14,29H,16-17H2,1-3H3. The van der Waals surface area contributed by atoms with Gasteiger partial charge in [-0.05, 0) is 68.0 Å². The molecule has 0 spiro atoms. The predicted molar refractivity (Wildman–Crippen MR) is 129 cm³/mol. The van der Waals surface area contributed by atoms with E-state index in [0.29, 0.717) is 5.56 Å². The number of nitriles is 1. The van der Waals surface area contributed by atoms with Gasteiger partial charge in [-0.1, -0.05) is 36.4 Å². The highest BCUT2D eigenvalue weighted by molar-refractivity contribution is 5.86. The van der Waals surface area contributed by atoms with E-state index in [1.807, 2.05) is 35.9 Å². The van der Waals surface area contributed by atoms with Gasteiger partial charge in [0.2, 0.25) is 0 Å². The maximum atomic E-state index is 9.35. The lowest BCUT2D eigenvalue weighted by molar-refractivity contribution is 0.402. The third-order valence-corrected chi connectivity index (χ3v) is 5.92. The highest BCUT2D eigenvalue weighted by Crippen LogP contribution is 2.40. The predicted octanol–water partition coefficient (Wildman–Crippen LogP) is 5.37. The molecule has 5 heteroatoms. The van der Waals surface area contributed by atoms with Crippen molar-refractivity contribution in [3.05, 3.63) is 89.1 Å². The first-order chi connectivity index (χ1) is 15.5. The molecule has 3 aromatic carbocycles. The van der Waals surface area contributed by atoms with Crippen LogP contribution in [0.2, 0.25) is 0 Å². The van der Waals surface area contributed by atoms with Crippen LogP contribution in [0.5, 0.6) is 0 Å². The van der Waals surface area contributed by atoms with E-state index in [0.717, 1.165) is 41.4 Å². The van der Waals surface area contributed by atoms with Crippen LogP contribution in [0.3, 0.4) is 0 Å². The van der Waals surface area contributed by atoms with Gasteiger partial charge < -0.3 is 10.2 Å². The minimum atomic E-state index is 0.630. The Hall–Kier alpha value is -3.88. The van der Waals surface area contributed by atoms with Crippen LogP contribution < -0.4 is 5.32 Å². The van der Waals surface area contributed by atoms with E-state index in [9.17, 15) is 5.26 Å². The van der Waals surface area contributed by atoms with E-state index in [4.69, 9.17) is 5.10 Å². The Morgan fingerprint density at radius 3 is 2.56 bits per heavy atom. The quantitative estimate of drug-likeness (QED) is 0.483. The lowest BCUT2D eigenvalue weighted by Crippen LogP contribution is -2.11. The highest BCUT2D eigenvalue weighted by Gasteiger charge is 2.24. The van der Waals surface area contributed by atoms with Crippen molar-refractivity contribution in [2.45, 2.75) is 20.0 Å². The van der Waals surface area contributed by atoms with Gasteiger partial charge in [-0.25, -0.2) is 4.68 Å². The van der Waals surface area contributed by atoms with Gasteiger partial charge >= 0.3 is 0 Å². The highest BCUT2D eigenvalue weighted by atomic mass is 15.3. The molecule has 0 radical (unpaired) electrons. The Labute approximate surface area is 188 Å². The summed E-state index contributed by atoms with van der Waals surface area (Å²) >= 11 is 0. The Morgan fingerprint density at radius 2 is 1.81 bits per heavy atom. The van der Waals surface area contributed by atoms with Crippen LogP contribution in [0.1, 0.15) is 22.4 Å². The maximum Gasteiger partial charge on any atom is 0.0992 e. The first-order valence-electron chi connectivity index (χ1n) is 10.7.